The van der Waals surface area contributed by atoms with Crippen LogP contribution in [0.1, 0.15) is 19.8 Å². The number of rotatable bonds is 3. The quantitative estimate of drug-likeness (QED) is 0.733. The first-order chi connectivity index (χ1) is 8.22. The van der Waals surface area contributed by atoms with Gasteiger partial charge in [-0.3, -0.25) is 9.69 Å². The molecule has 2 saturated heterocycles. The van der Waals surface area contributed by atoms with E-state index in [1.807, 2.05) is 23.6 Å². The molecule has 0 N–H and O–H groups in total. The molecule has 0 unspecified atom stereocenters. The van der Waals surface area contributed by atoms with Gasteiger partial charge in [-0.15, -0.1) is 11.6 Å². The summed E-state index contributed by atoms with van der Waals surface area (Å²) in [5.41, 5.74) is 0. The monoisotopic (exact) mass is 276 g/mol. The van der Waals surface area contributed by atoms with Crippen molar-refractivity contribution in [1.82, 2.24) is 9.80 Å². The second-order valence-electron chi connectivity index (χ2n) is 4.75. The van der Waals surface area contributed by atoms with E-state index >= 15 is 0 Å². The SMILES string of the molecule is CC[C@@H](Cl)C(=O)N1CCN([C@@H]2CCSC2)CC1. The van der Waals surface area contributed by atoms with Crippen LogP contribution in [-0.2, 0) is 4.79 Å². The Bertz CT molecular complexity index is 263. The molecule has 17 heavy (non-hydrogen) atoms. The van der Waals surface area contributed by atoms with Crippen molar-refractivity contribution in [3.05, 3.63) is 0 Å². The molecule has 0 spiro atoms. The molecule has 5 heteroatoms. The predicted octanol–water partition coefficient (Wildman–Crippen LogP) is 1.65. The molecular weight excluding hydrogens is 256 g/mol. The van der Waals surface area contributed by atoms with Gasteiger partial charge in [-0.25, -0.2) is 0 Å². The number of amides is 1. The van der Waals surface area contributed by atoms with Gasteiger partial charge < -0.3 is 4.90 Å². The van der Waals surface area contributed by atoms with Gasteiger partial charge in [-0.2, -0.15) is 11.8 Å². The number of hydrogen-bond donors (Lipinski definition) is 0. The Morgan fingerprint density at radius 1 is 1.41 bits per heavy atom. The highest BCUT2D eigenvalue weighted by atomic mass is 35.5. The molecule has 1 amide bonds. The van der Waals surface area contributed by atoms with Crippen molar-refractivity contribution >= 4 is 29.3 Å². The lowest BCUT2D eigenvalue weighted by molar-refractivity contribution is -0.132. The summed E-state index contributed by atoms with van der Waals surface area (Å²) in [7, 11) is 0. The zero-order chi connectivity index (χ0) is 12.3. The van der Waals surface area contributed by atoms with E-state index in [1.54, 1.807) is 0 Å². The number of piperazine rings is 1. The van der Waals surface area contributed by atoms with Crippen LogP contribution in [0.15, 0.2) is 0 Å². The summed E-state index contributed by atoms with van der Waals surface area (Å²) in [5, 5.41) is -0.330. The Labute approximate surface area is 113 Å². The van der Waals surface area contributed by atoms with Crippen LogP contribution in [0.3, 0.4) is 0 Å². The molecule has 98 valence electrons. The van der Waals surface area contributed by atoms with Crippen molar-refractivity contribution < 1.29 is 4.79 Å². The van der Waals surface area contributed by atoms with E-state index in [1.165, 1.54) is 17.9 Å². The third kappa shape index (κ3) is 3.30. The number of carbonyl (C=O) groups is 1. The van der Waals surface area contributed by atoms with E-state index in [0.29, 0.717) is 0 Å². The Balaban J connectivity index is 1.79. The minimum absolute atomic E-state index is 0.120. The topological polar surface area (TPSA) is 23.6 Å². The van der Waals surface area contributed by atoms with Gasteiger partial charge in [-0.1, -0.05) is 6.92 Å². The van der Waals surface area contributed by atoms with Crippen molar-refractivity contribution in [3.8, 4) is 0 Å². The molecule has 2 heterocycles. The van der Waals surface area contributed by atoms with E-state index in [2.05, 4.69) is 4.90 Å². The van der Waals surface area contributed by atoms with Gasteiger partial charge in [0.2, 0.25) is 5.91 Å². The highest BCUT2D eigenvalue weighted by Gasteiger charge is 2.29. The fourth-order valence-corrected chi connectivity index (χ4v) is 3.88. The van der Waals surface area contributed by atoms with Gasteiger partial charge in [-0.05, 0) is 18.6 Å². The smallest absolute Gasteiger partial charge is 0.240 e. The number of carbonyl (C=O) groups excluding carboxylic acids is 1. The molecule has 0 aromatic carbocycles. The zero-order valence-corrected chi connectivity index (χ0v) is 12.0. The molecule has 0 radical (unpaired) electrons. The first-order valence-electron chi connectivity index (χ1n) is 6.47. The third-order valence-corrected chi connectivity index (χ3v) is 5.31. The van der Waals surface area contributed by atoms with Crippen LogP contribution < -0.4 is 0 Å². The largest absolute Gasteiger partial charge is 0.339 e. The molecule has 0 aromatic heterocycles. The Hall–Kier alpha value is 0.0700. The summed E-state index contributed by atoms with van der Waals surface area (Å²) in [4.78, 5) is 16.4. The van der Waals surface area contributed by atoms with Gasteiger partial charge in [0.1, 0.15) is 5.38 Å². The summed E-state index contributed by atoms with van der Waals surface area (Å²) >= 11 is 8.05. The normalized spacial score (nSPS) is 28.4. The van der Waals surface area contributed by atoms with Crippen molar-refractivity contribution in [3.63, 3.8) is 0 Å². The van der Waals surface area contributed by atoms with Gasteiger partial charge >= 0.3 is 0 Å². The lowest BCUT2D eigenvalue weighted by atomic mass is 10.2. The molecule has 2 aliphatic rings. The van der Waals surface area contributed by atoms with Crippen molar-refractivity contribution in [2.24, 2.45) is 0 Å². The summed E-state index contributed by atoms with van der Waals surface area (Å²) in [6.45, 7) is 5.70. The lowest BCUT2D eigenvalue weighted by Crippen LogP contribution is -2.53. The summed E-state index contributed by atoms with van der Waals surface area (Å²) in [5.74, 6) is 2.68. The molecule has 0 aromatic rings. The first kappa shape index (κ1) is 13.5. The zero-order valence-electron chi connectivity index (χ0n) is 10.4. The van der Waals surface area contributed by atoms with Gasteiger partial charge in [0.25, 0.3) is 0 Å². The first-order valence-corrected chi connectivity index (χ1v) is 8.06. The summed E-state index contributed by atoms with van der Waals surface area (Å²) < 4.78 is 0. The number of halogens is 1. The highest BCUT2D eigenvalue weighted by molar-refractivity contribution is 7.99. The lowest BCUT2D eigenvalue weighted by Gasteiger charge is -2.38. The van der Waals surface area contributed by atoms with Crippen molar-refractivity contribution in [2.75, 3.05) is 37.7 Å². The Kier molecular flexibility index (Phi) is 5.00. The van der Waals surface area contributed by atoms with Crippen LogP contribution in [0.25, 0.3) is 0 Å². The molecule has 0 saturated carbocycles. The molecule has 3 nitrogen and oxygen atoms in total. The molecule has 2 rings (SSSR count). The predicted molar refractivity (Wildman–Crippen MR) is 73.8 cm³/mol. The molecular formula is C12H21ClN2OS. The van der Waals surface area contributed by atoms with Crippen molar-refractivity contribution in [1.29, 1.82) is 0 Å². The van der Waals surface area contributed by atoms with E-state index in [-0.39, 0.29) is 11.3 Å². The fourth-order valence-electron chi connectivity index (χ4n) is 2.49. The Morgan fingerprint density at radius 2 is 2.12 bits per heavy atom. The standard InChI is InChI=1S/C12H21ClN2OS/c1-2-11(13)12(16)15-6-4-14(5-7-15)10-3-8-17-9-10/h10-11H,2-9H2,1H3/t10-,11-/m1/s1. The fraction of sp³-hybridized carbons (Fsp3) is 0.917. The van der Waals surface area contributed by atoms with Gasteiger partial charge in [0.05, 0.1) is 0 Å². The van der Waals surface area contributed by atoms with E-state index < -0.39 is 0 Å². The molecule has 2 atom stereocenters. The maximum absolute atomic E-state index is 11.9. The molecule has 2 aliphatic heterocycles. The highest BCUT2D eigenvalue weighted by Crippen LogP contribution is 2.23. The van der Waals surface area contributed by atoms with E-state index in [0.717, 1.165) is 38.6 Å². The van der Waals surface area contributed by atoms with E-state index in [9.17, 15) is 4.79 Å². The number of nitrogens with zero attached hydrogens (tertiary/aromatic N) is 2. The average Bonchev–Trinajstić information content (AvgIpc) is 2.91. The number of alkyl halides is 1. The van der Waals surface area contributed by atoms with Crippen molar-refractivity contribution in [2.45, 2.75) is 31.2 Å². The van der Waals surface area contributed by atoms with E-state index in [4.69, 9.17) is 11.6 Å². The van der Waals surface area contributed by atoms with Gasteiger partial charge in [0.15, 0.2) is 0 Å². The Morgan fingerprint density at radius 3 is 2.65 bits per heavy atom. The van der Waals surface area contributed by atoms with Crippen LogP contribution in [0.4, 0.5) is 0 Å². The van der Waals surface area contributed by atoms with Crippen LogP contribution in [0, 0.1) is 0 Å². The minimum atomic E-state index is -0.330. The molecule has 0 bridgehead atoms. The maximum atomic E-state index is 11.9. The van der Waals surface area contributed by atoms with Crippen LogP contribution in [-0.4, -0.2) is 64.8 Å². The maximum Gasteiger partial charge on any atom is 0.240 e. The third-order valence-electron chi connectivity index (χ3n) is 3.67. The van der Waals surface area contributed by atoms with Gasteiger partial charge in [0, 0.05) is 38.0 Å². The number of thioether (sulfide) groups is 1. The minimum Gasteiger partial charge on any atom is -0.339 e. The molecule has 2 fully saturated rings. The number of hydrogen-bond acceptors (Lipinski definition) is 3. The van der Waals surface area contributed by atoms with Crippen LogP contribution in [0.2, 0.25) is 0 Å². The molecule has 0 aliphatic carbocycles. The second kappa shape index (κ2) is 6.30. The summed E-state index contributed by atoms with van der Waals surface area (Å²) in [6.07, 6.45) is 2.03. The van der Waals surface area contributed by atoms with Crippen LogP contribution >= 0.6 is 23.4 Å². The average molecular weight is 277 g/mol. The second-order valence-corrected chi connectivity index (χ2v) is 6.43. The van der Waals surface area contributed by atoms with Crippen LogP contribution in [0.5, 0.6) is 0 Å². The summed E-state index contributed by atoms with van der Waals surface area (Å²) in [6, 6.07) is 0.746.